The number of halogens is 5. The van der Waals surface area contributed by atoms with Crippen LogP contribution in [0.3, 0.4) is 0 Å². The van der Waals surface area contributed by atoms with Gasteiger partial charge in [0.05, 0.1) is 32.4 Å². The van der Waals surface area contributed by atoms with Gasteiger partial charge in [-0.1, -0.05) is 41.9 Å². The Labute approximate surface area is 276 Å². The van der Waals surface area contributed by atoms with Crippen LogP contribution in [-0.4, -0.2) is 76.6 Å². The van der Waals surface area contributed by atoms with Gasteiger partial charge < -0.3 is 21.1 Å². The molecule has 3 aromatic rings. The maximum atomic E-state index is 13.2. The number of carbonyl (C=O) groups excluding carboxylic acids is 3. The van der Waals surface area contributed by atoms with E-state index in [1.54, 1.807) is 25.2 Å². The molecular weight excluding hydrogens is 692 g/mol. The topological polar surface area (TPSA) is 180 Å². The van der Waals surface area contributed by atoms with Crippen molar-refractivity contribution < 1.29 is 45.9 Å². The third kappa shape index (κ3) is 9.54. The number of hydrogen-bond acceptors (Lipinski definition) is 7. The van der Waals surface area contributed by atoms with E-state index >= 15 is 0 Å². The van der Waals surface area contributed by atoms with E-state index in [4.69, 9.17) is 33.1 Å². The van der Waals surface area contributed by atoms with Gasteiger partial charge >= 0.3 is 12.1 Å². The van der Waals surface area contributed by atoms with Crippen LogP contribution in [0.4, 0.5) is 24.5 Å². The van der Waals surface area contributed by atoms with Gasteiger partial charge in [0.1, 0.15) is 5.69 Å². The highest BCUT2D eigenvalue weighted by Crippen LogP contribution is 2.27. The number of carboxylic acids is 1. The van der Waals surface area contributed by atoms with Crippen molar-refractivity contribution in [3.8, 4) is 0 Å². The number of anilines is 2. The third-order valence-corrected chi connectivity index (χ3v) is 9.07. The standard InChI is InChI=1S/C26H26Cl2N6O5S.C2HF3O2/c1-3-22(35)30-17-6-4-7-18(14-17)40(38,39)34-12-10-16(11-13-34)31-26(37)24-21(15-29-33(24)2)32-25(36)23-19(27)8-5-9-20(23)28;3-2(4,5)1(6)7/h3-9,14-16H,1,10-13H2,2H3,(H,30,35)(H,31,37)(H,32,36);(H,6,7). The van der Waals surface area contributed by atoms with Crippen LogP contribution < -0.4 is 16.0 Å². The summed E-state index contributed by atoms with van der Waals surface area (Å²) >= 11 is 12.3. The number of alkyl halides is 3. The number of rotatable bonds is 8. The molecule has 3 amide bonds. The van der Waals surface area contributed by atoms with Gasteiger partial charge in [-0.3, -0.25) is 19.1 Å². The largest absolute Gasteiger partial charge is 0.490 e. The van der Waals surface area contributed by atoms with Crippen molar-refractivity contribution in [3.63, 3.8) is 0 Å². The van der Waals surface area contributed by atoms with E-state index in [0.29, 0.717) is 18.5 Å². The monoisotopic (exact) mass is 718 g/mol. The molecule has 1 aromatic heterocycles. The minimum atomic E-state index is -5.08. The summed E-state index contributed by atoms with van der Waals surface area (Å²) in [6.07, 6.45) is -1.91. The zero-order valence-corrected chi connectivity index (χ0v) is 26.7. The molecule has 0 saturated carbocycles. The maximum Gasteiger partial charge on any atom is 0.490 e. The summed E-state index contributed by atoms with van der Waals surface area (Å²) in [6, 6.07) is 10.3. The number of aliphatic carboxylic acids is 1. The molecule has 4 rings (SSSR count). The Balaban J connectivity index is 0.000000771. The Morgan fingerprint density at radius 1 is 1.02 bits per heavy atom. The smallest absolute Gasteiger partial charge is 0.475 e. The van der Waals surface area contributed by atoms with Crippen LogP contribution in [0.1, 0.15) is 33.7 Å². The van der Waals surface area contributed by atoms with Crippen LogP contribution in [0, 0.1) is 0 Å². The van der Waals surface area contributed by atoms with Gasteiger partial charge in [0.2, 0.25) is 15.9 Å². The van der Waals surface area contributed by atoms with Crippen LogP contribution in [0.25, 0.3) is 0 Å². The van der Waals surface area contributed by atoms with Crippen LogP contribution in [0.5, 0.6) is 0 Å². The Morgan fingerprint density at radius 2 is 1.60 bits per heavy atom. The first kappa shape index (κ1) is 37.0. The van der Waals surface area contributed by atoms with Crippen molar-refractivity contribution in [1.82, 2.24) is 19.4 Å². The average molecular weight is 720 g/mol. The first-order valence-corrected chi connectivity index (χ1v) is 15.6. The first-order chi connectivity index (χ1) is 21.9. The normalized spacial score (nSPS) is 13.9. The van der Waals surface area contributed by atoms with Gasteiger partial charge in [0, 0.05) is 31.9 Å². The molecule has 1 fully saturated rings. The van der Waals surface area contributed by atoms with Crippen molar-refractivity contribution in [2.24, 2.45) is 7.05 Å². The molecule has 13 nitrogen and oxygen atoms in total. The second kappa shape index (κ2) is 15.4. The molecule has 19 heteroatoms. The molecule has 0 aliphatic carbocycles. The molecule has 1 aliphatic rings. The van der Waals surface area contributed by atoms with Crippen LogP contribution >= 0.6 is 23.2 Å². The van der Waals surface area contributed by atoms with Gasteiger partial charge in [-0.05, 0) is 49.2 Å². The molecule has 0 atom stereocenters. The number of hydrogen-bond donors (Lipinski definition) is 4. The lowest BCUT2D eigenvalue weighted by molar-refractivity contribution is -0.192. The molecular formula is C28H27Cl2F3N6O7S. The van der Waals surface area contributed by atoms with Crippen LogP contribution in [0.15, 0.2) is 66.2 Å². The summed E-state index contributed by atoms with van der Waals surface area (Å²) in [7, 11) is -2.26. The predicted octanol–water partition coefficient (Wildman–Crippen LogP) is 4.32. The minimum Gasteiger partial charge on any atom is -0.475 e. The zero-order valence-electron chi connectivity index (χ0n) is 24.3. The number of nitrogens with one attached hydrogen (secondary N) is 3. The highest BCUT2D eigenvalue weighted by molar-refractivity contribution is 7.89. The fourth-order valence-corrected chi connectivity index (χ4v) is 6.35. The fraction of sp³-hybridized carbons (Fsp3) is 0.250. The molecule has 0 bridgehead atoms. The summed E-state index contributed by atoms with van der Waals surface area (Å²) in [4.78, 5) is 46.5. The Kier molecular flexibility index (Phi) is 12.1. The zero-order chi connectivity index (χ0) is 35.1. The van der Waals surface area contributed by atoms with Gasteiger partial charge in [-0.15, -0.1) is 0 Å². The molecule has 4 N–H and O–H groups in total. The number of amides is 3. The SMILES string of the molecule is C=CC(=O)Nc1cccc(S(=O)(=O)N2CCC(NC(=O)c3c(NC(=O)c4c(Cl)cccc4Cl)cnn3C)CC2)c1.O=C(O)C(F)(F)F. The average Bonchev–Trinajstić information content (AvgIpc) is 3.36. The number of carboxylic acid groups (broad SMARTS) is 1. The summed E-state index contributed by atoms with van der Waals surface area (Å²) in [5, 5.41) is 19.6. The van der Waals surface area contributed by atoms with Crippen molar-refractivity contribution >= 4 is 68.3 Å². The molecule has 252 valence electrons. The maximum absolute atomic E-state index is 13.2. The lowest BCUT2D eigenvalue weighted by Crippen LogP contribution is -2.46. The molecule has 0 unspecified atom stereocenters. The van der Waals surface area contributed by atoms with Crippen molar-refractivity contribution in [3.05, 3.63) is 82.6 Å². The van der Waals surface area contributed by atoms with Gasteiger partial charge in [-0.25, -0.2) is 13.2 Å². The third-order valence-electron chi connectivity index (χ3n) is 6.55. The molecule has 0 radical (unpaired) electrons. The van der Waals surface area contributed by atoms with Crippen LogP contribution in [-0.2, 0) is 26.7 Å². The van der Waals surface area contributed by atoms with E-state index in [0.717, 1.165) is 6.08 Å². The molecule has 1 aliphatic heterocycles. The molecule has 47 heavy (non-hydrogen) atoms. The Hall–Kier alpha value is -4.45. The first-order valence-electron chi connectivity index (χ1n) is 13.4. The molecule has 2 heterocycles. The Morgan fingerprint density at radius 3 is 2.15 bits per heavy atom. The van der Waals surface area contributed by atoms with Crippen LogP contribution in [0.2, 0.25) is 10.0 Å². The van der Waals surface area contributed by atoms with E-state index in [-0.39, 0.29) is 51.0 Å². The van der Waals surface area contributed by atoms with Gasteiger partial charge in [0.25, 0.3) is 11.8 Å². The van der Waals surface area contributed by atoms with Crippen molar-refractivity contribution in [1.29, 1.82) is 0 Å². The summed E-state index contributed by atoms with van der Waals surface area (Å²) in [6.45, 7) is 3.74. The summed E-state index contributed by atoms with van der Waals surface area (Å²) in [5.41, 5.74) is 0.696. The minimum absolute atomic E-state index is 0.0470. The van der Waals surface area contributed by atoms with E-state index in [9.17, 15) is 36.0 Å². The van der Waals surface area contributed by atoms with Crippen molar-refractivity contribution in [2.75, 3.05) is 23.7 Å². The van der Waals surface area contributed by atoms with Gasteiger partial charge in [-0.2, -0.15) is 22.6 Å². The molecule has 2 aromatic carbocycles. The lowest BCUT2D eigenvalue weighted by atomic mass is 10.1. The van der Waals surface area contributed by atoms with Crippen molar-refractivity contribution in [2.45, 2.75) is 30.0 Å². The number of benzene rings is 2. The number of carbonyl (C=O) groups is 4. The summed E-state index contributed by atoms with van der Waals surface area (Å²) in [5.74, 6) is -4.28. The van der Waals surface area contributed by atoms with Gasteiger partial charge in [0.15, 0.2) is 0 Å². The second-order valence-corrected chi connectivity index (χ2v) is 12.5. The Bertz CT molecular complexity index is 1770. The van der Waals surface area contributed by atoms with E-state index in [1.807, 2.05) is 0 Å². The van der Waals surface area contributed by atoms with E-state index in [1.165, 1.54) is 39.4 Å². The van der Waals surface area contributed by atoms with E-state index < -0.39 is 39.9 Å². The molecule has 0 spiro atoms. The number of nitrogens with zero attached hydrogens (tertiary/aromatic N) is 3. The second-order valence-electron chi connectivity index (χ2n) is 9.76. The number of aromatic nitrogens is 2. The predicted molar refractivity (Wildman–Crippen MR) is 166 cm³/mol. The van der Waals surface area contributed by atoms with E-state index in [2.05, 4.69) is 27.6 Å². The highest BCUT2D eigenvalue weighted by atomic mass is 35.5. The number of sulfonamides is 1. The highest BCUT2D eigenvalue weighted by Gasteiger charge is 2.38. The number of piperidine rings is 1. The quantitative estimate of drug-likeness (QED) is 0.249. The summed E-state index contributed by atoms with van der Waals surface area (Å²) < 4.78 is 60.8. The lowest BCUT2D eigenvalue weighted by Gasteiger charge is -2.31. The molecule has 1 saturated heterocycles. The fourth-order valence-electron chi connectivity index (χ4n) is 4.27. The number of aryl methyl sites for hydroxylation is 1.